The van der Waals surface area contributed by atoms with E-state index in [1.807, 2.05) is 42.6 Å². The molecule has 0 bridgehead atoms. The van der Waals surface area contributed by atoms with Crippen LogP contribution in [0.4, 0.5) is 4.79 Å². The summed E-state index contributed by atoms with van der Waals surface area (Å²) in [5.74, 6) is -2.10. The molecule has 0 radical (unpaired) electrons. The van der Waals surface area contributed by atoms with Crippen molar-refractivity contribution >= 4 is 23.8 Å². The van der Waals surface area contributed by atoms with Crippen LogP contribution < -0.4 is 10.6 Å². The molecule has 0 spiro atoms. The van der Waals surface area contributed by atoms with Crippen molar-refractivity contribution in [3.63, 3.8) is 0 Å². The van der Waals surface area contributed by atoms with Crippen LogP contribution in [0.2, 0.25) is 0 Å². The summed E-state index contributed by atoms with van der Waals surface area (Å²) in [6, 6.07) is 8.70. The molecule has 8 heteroatoms. The summed E-state index contributed by atoms with van der Waals surface area (Å²) >= 11 is 0. The highest BCUT2D eigenvalue weighted by molar-refractivity contribution is 5.95. The largest absolute Gasteiger partial charge is 0.455 e. The minimum atomic E-state index is -0.730. The van der Waals surface area contributed by atoms with Gasteiger partial charge in [-0.1, -0.05) is 30.3 Å². The number of amides is 4. The average Bonchev–Trinajstić information content (AvgIpc) is 3.01. The van der Waals surface area contributed by atoms with Crippen LogP contribution in [0, 0.1) is 5.92 Å². The van der Waals surface area contributed by atoms with Gasteiger partial charge in [-0.05, 0) is 12.5 Å². The molecule has 1 aliphatic rings. The molecule has 1 aliphatic heterocycles. The summed E-state index contributed by atoms with van der Waals surface area (Å²) < 4.78 is 4.91. The standard InChI is InChI=1S/C17H21N3O5/c1-11(12-6-4-3-5-7-12)20-9-13(8-15(20)22)16(23)25-10-14(21)19-17(24)18-2/h3-7,11,13H,8-10H2,1-2H3,(H2,18,19,21,24)/t11-,13+/m1/s1. The van der Waals surface area contributed by atoms with Crippen LogP contribution >= 0.6 is 0 Å². The highest BCUT2D eigenvalue weighted by atomic mass is 16.5. The molecule has 1 aromatic rings. The summed E-state index contributed by atoms with van der Waals surface area (Å²) in [7, 11) is 1.36. The molecular weight excluding hydrogens is 326 g/mol. The maximum atomic E-state index is 12.2. The zero-order valence-electron chi connectivity index (χ0n) is 14.2. The van der Waals surface area contributed by atoms with E-state index < -0.39 is 30.4 Å². The molecule has 0 saturated carbocycles. The second kappa shape index (κ2) is 8.27. The smallest absolute Gasteiger partial charge is 0.321 e. The lowest BCUT2D eigenvalue weighted by molar-refractivity contribution is -0.152. The van der Waals surface area contributed by atoms with Gasteiger partial charge in [-0.3, -0.25) is 19.7 Å². The highest BCUT2D eigenvalue weighted by Crippen LogP contribution is 2.28. The van der Waals surface area contributed by atoms with Crippen LogP contribution in [0.15, 0.2) is 30.3 Å². The Hall–Kier alpha value is -2.90. The maximum Gasteiger partial charge on any atom is 0.321 e. The number of nitrogens with zero attached hydrogens (tertiary/aromatic N) is 1. The van der Waals surface area contributed by atoms with Gasteiger partial charge in [-0.2, -0.15) is 0 Å². The quantitative estimate of drug-likeness (QED) is 0.759. The Bertz CT molecular complexity index is 662. The number of nitrogens with one attached hydrogen (secondary N) is 2. The van der Waals surface area contributed by atoms with E-state index >= 15 is 0 Å². The van der Waals surface area contributed by atoms with Crippen LogP contribution in [0.25, 0.3) is 0 Å². The number of imide groups is 1. The van der Waals surface area contributed by atoms with Crippen molar-refractivity contribution in [1.82, 2.24) is 15.5 Å². The normalized spacial score (nSPS) is 17.8. The Kier molecular flexibility index (Phi) is 6.10. The Labute approximate surface area is 145 Å². The molecular formula is C17H21N3O5. The third-order valence-electron chi connectivity index (χ3n) is 4.07. The number of rotatable bonds is 5. The number of likely N-dealkylation sites (tertiary alicyclic amines) is 1. The summed E-state index contributed by atoms with van der Waals surface area (Å²) in [6.45, 7) is 1.58. The first-order chi connectivity index (χ1) is 11.9. The fourth-order valence-corrected chi connectivity index (χ4v) is 2.66. The van der Waals surface area contributed by atoms with Crippen LogP contribution in [-0.4, -0.2) is 48.9 Å². The summed E-state index contributed by atoms with van der Waals surface area (Å²) in [5, 5.41) is 4.20. The molecule has 2 atom stereocenters. The molecule has 2 rings (SSSR count). The summed E-state index contributed by atoms with van der Waals surface area (Å²) in [4.78, 5) is 48.3. The first-order valence-corrected chi connectivity index (χ1v) is 7.95. The van der Waals surface area contributed by atoms with Crippen molar-refractivity contribution in [2.75, 3.05) is 20.2 Å². The second-order valence-electron chi connectivity index (χ2n) is 5.77. The van der Waals surface area contributed by atoms with E-state index in [9.17, 15) is 19.2 Å². The Morgan fingerprint density at radius 3 is 2.60 bits per heavy atom. The first kappa shape index (κ1) is 18.4. The molecule has 2 N–H and O–H groups in total. The van der Waals surface area contributed by atoms with Gasteiger partial charge in [0.1, 0.15) is 0 Å². The number of urea groups is 1. The Morgan fingerprint density at radius 2 is 1.96 bits per heavy atom. The predicted molar refractivity (Wildman–Crippen MR) is 88.2 cm³/mol. The van der Waals surface area contributed by atoms with Crippen molar-refractivity contribution in [3.8, 4) is 0 Å². The lowest BCUT2D eigenvalue weighted by atomic mass is 10.1. The Morgan fingerprint density at radius 1 is 1.28 bits per heavy atom. The number of carbonyl (C=O) groups is 4. The fraction of sp³-hybridized carbons (Fsp3) is 0.412. The first-order valence-electron chi connectivity index (χ1n) is 7.95. The monoisotopic (exact) mass is 347 g/mol. The molecule has 0 unspecified atom stereocenters. The predicted octanol–water partition coefficient (Wildman–Crippen LogP) is 0.595. The van der Waals surface area contributed by atoms with Gasteiger partial charge in [0.2, 0.25) is 5.91 Å². The second-order valence-corrected chi connectivity index (χ2v) is 5.77. The van der Waals surface area contributed by atoms with E-state index in [0.717, 1.165) is 5.56 Å². The molecule has 0 aliphatic carbocycles. The van der Waals surface area contributed by atoms with Gasteiger partial charge in [0, 0.05) is 20.0 Å². The van der Waals surface area contributed by atoms with Gasteiger partial charge in [-0.15, -0.1) is 0 Å². The molecule has 1 heterocycles. The molecule has 1 saturated heterocycles. The van der Waals surface area contributed by atoms with E-state index in [4.69, 9.17) is 4.74 Å². The lowest BCUT2D eigenvalue weighted by Gasteiger charge is -2.25. The van der Waals surface area contributed by atoms with Gasteiger partial charge >= 0.3 is 12.0 Å². The number of esters is 1. The lowest BCUT2D eigenvalue weighted by Crippen LogP contribution is -2.40. The van der Waals surface area contributed by atoms with Crippen molar-refractivity contribution in [1.29, 1.82) is 0 Å². The highest BCUT2D eigenvalue weighted by Gasteiger charge is 2.38. The van der Waals surface area contributed by atoms with E-state index in [-0.39, 0.29) is 24.9 Å². The minimum Gasteiger partial charge on any atom is -0.455 e. The molecule has 1 aromatic carbocycles. The number of carbonyl (C=O) groups excluding carboxylic acids is 4. The van der Waals surface area contributed by atoms with Gasteiger partial charge in [-0.25, -0.2) is 4.79 Å². The zero-order valence-corrected chi connectivity index (χ0v) is 14.2. The third-order valence-corrected chi connectivity index (χ3v) is 4.07. The molecule has 1 fully saturated rings. The van der Waals surface area contributed by atoms with Crippen LogP contribution in [0.5, 0.6) is 0 Å². The van der Waals surface area contributed by atoms with Gasteiger partial charge in [0.05, 0.1) is 12.0 Å². The van der Waals surface area contributed by atoms with Crippen LogP contribution in [-0.2, 0) is 19.1 Å². The molecule has 4 amide bonds. The van der Waals surface area contributed by atoms with Crippen molar-refractivity contribution in [2.45, 2.75) is 19.4 Å². The van der Waals surface area contributed by atoms with E-state index in [2.05, 4.69) is 5.32 Å². The molecule has 25 heavy (non-hydrogen) atoms. The fourth-order valence-electron chi connectivity index (χ4n) is 2.66. The van der Waals surface area contributed by atoms with E-state index in [1.165, 1.54) is 7.05 Å². The van der Waals surface area contributed by atoms with Gasteiger partial charge < -0.3 is 15.0 Å². The number of hydrogen-bond acceptors (Lipinski definition) is 5. The number of hydrogen-bond donors (Lipinski definition) is 2. The van der Waals surface area contributed by atoms with Crippen molar-refractivity contribution in [2.24, 2.45) is 5.92 Å². The van der Waals surface area contributed by atoms with Crippen LogP contribution in [0.3, 0.4) is 0 Å². The average molecular weight is 347 g/mol. The van der Waals surface area contributed by atoms with E-state index in [1.54, 1.807) is 4.90 Å². The van der Waals surface area contributed by atoms with Crippen molar-refractivity contribution in [3.05, 3.63) is 35.9 Å². The van der Waals surface area contributed by atoms with Crippen LogP contribution in [0.1, 0.15) is 24.9 Å². The minimum absolute atomic E-state index is 0.0487. The number of benzene rings is 1. The Balaban J connectivity index is 1.88. The summed E-state index contributed by atoms with van der Waals surface area (Å²) in [5.41, 5.74) is 0.981. The maximum absolute atomic E-state index is 12.2. The van der Waals surface area contributed by atoms with E-state index in [0.29, 0.717) is 0 Å². The van der Waals surface area contributed by atoms with Gasteiger partial charge in [0.15, 0.2) is 6.61 Å². The van der Waals surface area contributed by atoms with Crippen molar-refractivity contribution < 1.29 is 23.9 Å². The topological polar surface area (TPSA) is 105 Å². The SMILES string of the molecule is CNC(=O)NC(=O)COC(=O)[C@H]1CC(=O)N([C@H](C)c2ccccc2)C1. The third kappa shape index (κ3) is 4.79. The molecule has 8 nitrogen and oxygen atoms in total. The number of ether oxygens (including phenoxy) is 1. The zero-order chi connectivity index (χ0) is 18.4. The van der Waals surface area contributed by atoms with Gasteiger partial charge in [0.25, 0.3) is 5.91 Å². The summed E-state index contributed by atoms with van der Waals surface area (Å²) in [6.07, 6.45) is 0.0487. The molecule has 134 valence electrons. The molecule has 0 aromatic heterocycles.